The molecule has 1 atom stereocenters. The number of aromatic nitrogens is 2. The van der Waals surface area contributed by atoms with Gasteiger partial charge in [-0.25, -0.2) is 4.68 Å². The third-order valence-electron chi connectivity index (χ3n) is 4.75. The maximum Gasteiger partial charge on any atom is 0.265 e. The molecule has 4 rings (SSSR count). The van der Waals surface area contributed by atoms with Crippen LogP contribution >= 0.6 is 34.7 Å². The summed E-state index contributed by atoms with van der Waals surface area (Å²) in [5, 5.41) is 9.18. The lowest BCUT2D eigenvalue weighted by molar-refractivity contribution is -0.125. The van der Waals surface area contributed by atoms with Crippen LogP contribution in [-0.2, 0) is 4.79 Å². The van der Waals surface area contributed by atoms with Crippen LogP contribution in [0.25, 0.3) is 15.9 Å². The van der Waals surface area contributed by atoms with E-state index >= 15 is 0 Å². The van der Waals surface area contributed by atoms with E-state index in [0.717, 1.165) is 21.6 Å². The average Bonchev–Trinajstić information content (AvgIpc) is 3.36. The fraction of sp³-hybridized carbons (Fsp3) is 0.381. The third kappa shape index (κ3) is 4.08. The first-order valence-electron chi connectivity index (χ1n) is 9.60. The third-order valence-corrected chi connectivity index (χ3v) is 7.10. The number of halogens is 1. The van der Waals surface area contributed by atoms with Crippen molar-refractivity contribution in [1.29, 1.82) is 0 Å². The molecule has 1 N–H and O–H groups in total. The Morgan fingerprint density at radius 3 is 2.73 bits per heavy atom. The molecule has 1 aromatic carbocycles. The standard InChI is InChI=1S/C21H23ClN4O2S2/c1-12-15-9-17(30-20(15)26(24-12)14-7-5-6-13(22)8-14)19(28)25-11-29-10-16(25)18(27)23-21(2,3)4/h5-9,16H,10-11H2,1-4H3,(H,23,27). The SMILES string of the molecule is Cc1nn(-c2cccc(Cl)c2)c2sc(C(=O)N3CSCC3C(=O)NC(C)(C)C)cc12. The number of nitrogens with one attached hydrogen (secondary N) is 1. The molecular weight excluding hydrogens is 440 g/mol. The maximum absolute atomic E-state index is 13.3. The second-order valence-electron chi connectivity index (χ2n) is 8.34. The van der Waals surface area contributed by atoms with Crippen molar-refractivity contribution in [3.8, 4) is 5.69 Å². The van der Waals surface area contributed by atoms with Crippen LogP contribution in [0.3, 0.4) is 0 Å². The van der Waals surface area contributed by atoms with E-state index in [0.29, 0.717) is 21.5 Å². The van der Waals surface area contributed by atoms with Gasteiger partial charge in [0.05, 0.1) is 22.1 Å². The molecule has 30 heavy (non-hydrogen) atoms. The summed E-state index contributed by atoms with van der Waals surface area (Å²) < 4.78 is 1.82. The first-order valence-corrected chi connectivity index (χ1v) is 11.9. The zero-order valence-electron chi connectivity index (χ0n) is 17.2. The molecule has 2 aromatic heterocycles. The Morgan fingerprint density at radius 1 is 1.27 bits per heavy atom. The zero-order valence-corrected chi connectivity index (χ0v) is 19.6. The topological polar surface area (TPSA) is 67.2 Å². The first kappa shape index (κ1) is 21.2. The van der Waals surface area contributed by atoms with E-state index in [-0.39, 0.29) is 17.4 Å². The summed E-state index contributed by atoms with van der Waals surface area (Å²) in [5.41, 5.74) is 1.35. The number of hydrogen-bond acceptors (Lipinski definition) is 5. The number of fused-ring (bicyclic) bond motifs is 1. The van der Waals surface area contributed by atoms with Gasteiger partial charge in [0.2, 0.25) is 5.91 Å². The highest BCUT2D eigenvalue weighted by atomic mass is 35.5. The van der Waals surface area contributed by atoms with Gasteiger partial charge in [-0.2, -0.15) is 5.10 Å². The summed E-state index contributed by atoms with van der Waals surface area (Å²) in [6, 6.07) is 8.89. The Balaban J connectivity index is 1.66. The van der Waals surface area contributed by atoms with Crippen LogP contribution in [0.15, 0.2) is 30.3 Å². The number of rotatable bonds is 3. The van der Waals surface area contributed by atoms with Crippen molar-refractivity contribution in [1.82, 2.24) is 20.0 Å². The summed E-state index contributed by atoms with van der Waals surface area (Å²) in [5.74, 6) is 0.887. The molecule has 6 nitrogen and oxygen atoms in total. The van der Waals surface area contributed by atoms with Crippen LogP contribution in [0.4, 0.5) is 0 Å². The number of aryl methyl sites for hydroxylation is 1. The van der Waals surface area contributed by atoms with Crippen LogP contribution in [-0.4, -0.2) is 49.7 Å². The maximum atomic E-state index is 13.3. The van der Waals surface area contributed by atoms with Gasteiger partial charge in [-0.3, -0.25) is 9.59 Å². The molecule has 158 valence electrons. The average molecular weight is 463 g/mol. The molecule has 9 heteroatoms. The quantitative estimate of drug-likeness (QED) is 0.623. The van der Waals surface area contributed by atoms with Gasteiger partial charge < -0.3 is 10.2 Å². The largest absolute Gasteiger partial charge is 0.350 e. The number of thioether (sulfide) groups is 1. The van der Waals surface area contributed by atoms with Gasteiger partial charge in [0.25, 0.3) is 5.91 Å². The molecule has 1 aliphatic rings. The highest BCUT2D eigenvalue weighted by Gasteiger charge is 2.37. The monoisotopic (exact) mass is 462 g/mol. The van der Waals surface area contributed by atoms with Crippen LogP contribution in [0.5, 0.6) is 0 Å². The van der Waals surface area contributed by atoms with Gasteiger partial charge in [-0.1, -0.05) is 17.7 Å². The Morgan fingerprint density at radius 2 is 2.03 bits per heavy atom. The summed E-state index contributed by atoms with van der Waals surface area (Å²) in [7, 11) is 0. The Labute approximate surface area is 188 Å². The van der Waals surface area contributed by atoms with Gasteiger partial charge in [-0.05, 0) is 52.0 Å². The molecule has 1 fully saturated rings. The normalized spacial score (nSPS) is 17.0. The van der Waals surface area contributed by atoms with Crippen LogP contribution < -0.4 is 5.32 Å². The molecule has 3 heterocycles. The van der Waals surface area contributed by atoms with Gasteiger partial charge in [0.1, 0.15) is 10.9 Å². The zero-order chi connectivity index (χ0) is 21.6. The molecule has 2 amide bonds. The van der Waals surface area contributed by atoms with Gasteiger partial charge >= 0.3 is 0 Å². The lowest BCUT2D eigenvalue weighted by Crippen LogP contribution is -2.52. The van der Waals surface area contributed by atoms with Gasteiger partial charge in [-0.15, -0.1) is 23.1 Å². The smallest absolute Gasteiger partial charge is 0.265 e. The molecule has 0 radical (unpaired) electrons. The van der Waals surface area contributed by atoms with Crippen molar-refractivity contribution in [2.75, 3.05) is 11.6 Å². The van der Waals surface area contributed by atoms with Crippen molar-refractivity contribution in [2.45, 2.75) is 39.3 Å². The van der Waals surface area contributed by atoms with E-state index in [4.69, 9.17) is 11.6 Å². The predicted molar refractivity (Wildman–Crippen MR) is 124 cm³/mol. The molecule has 1 aliphatic heterocycles. The predicted octanol–water partition coefficient (Wildman–Crippen LogP) is 4.48. The van der Waals surface area contributed by atoms with E-state index in [1.165, 1.54) is 11.3 Å². The molecule has 0 saturated carbocycles. The van der Waals surface area contributed by atoms with Crippen molar-refractivity contribution in [3.05, 3.63) is 45.9 Å². The summed E-state index contributed by atoms with van der Waals surface area (Å²) >= 11 is 9.14. The van der Waals surface area contributed by atoms with E-state index < -0.39 is 6.04 Å². The van der Waals surface area contributed by atoms with Crippen molar-refractivity contribution in [3.63, 3.8) is 0 Å². The second-order valence-corrected chi connectivity index (χ2v) is 10.8. The minimum atomic E-state index is -0.461. The minimum Gasteiger partial charge on any atom is -0.350 e. The number of thiophene rings is 1. The van der Waals surface area contributed by atoms with E-state index in [1.54, 1.807) is 16.7 Å². The minimum absolute atomic E-state index is 0.108. The first-order chi connectivity index (χ1) is 14.1. The van der Waals surface area contributed by atoms with Crippen molar-refractivity contribution < 1.29 is 9.59 Å². The Kier molecular flexibility index (Phi) is 5.59. The highest BCUT2D eigenvalue weighted by molar-refractivity contribution is 7.99. The lowest BCUT2D eigenvalue weighted by atomic mass is 10.1. The van der Waals surface area contributed by atoms with E-state index in [9.17, 15) is 9.59 Å². The highest BCUT2D eigenvalue weighted by Crippen LogP contribution is 2.33. The molecule has 1 saturated heterocycles. The fourth-order valence-corrected chi connectivity index (χ4v) is 5.87. The molecular formula is C21H23ClN4O2S2. The summed E-state index contributed by atoms with van der Waals surface area (Å²) in [6.07, 6.45) is 0. The van der Waals surface area contributed by atoms with Crippen LogP contribution in [0, 0.1) is 6.92 Å². The fourth-order valence-electron chi connectivity index (χ4n) is 3.39. The van der Waals surface area contributed by atoms with E-state index in [2.05, 4.69) is 10.4 Å². The number of hydrogen-bond donors (Lipinski definition) is 1. The lowest BCUT2D eigenvalue weighted by Gasteiger charge is -2.27. The second kappa shape index (κ2) is 7.90. The van der Waals surface area contributed by atoms with Crippen LogP contribution in [0.2, 0.25) is 5.02 Å². The number of amides is 2. The van der Waals surface area contributed by atoms with Crippen LogP contribution in [0.1, 0.15) is 36.1 Å². The molecule has 0 aliphatic carbocycles. The van der Waals surface area contributed by atoms with Crippen molar-refractivity contribution in [2.24, 2.45) is 0 Å². The number of carbonyl (C=O) groups excluding carboxylic acids is 2. The molecule has 0 bridgehead atoms. The molecule has 1 unspecified atom stereocenters. The van der Waals surface area contributed by atoms with E-state index in [1.807, 2.05) is 62.7 Å². The van der Waals surface area contributed by atoms with Gasteiger partial charge in [0, 0.05) is 21.7 Å². The molecule has 3 aromatic rings. The summed E-state index contributed by atoms with van der Waals surface area (Å²) in [4.78, 5) is 29.2. The number of benzene rings is 1. The number of carbonyl (C=O) groups is 2. The Bertz CT molecular complexity index is 1130. The summed E-state index contributed by atoms with van der Waals surface area (Å²) in [6.45, 7) is 7.75. The molecule has 0 spiro atoms. The van der Waals surface area contributed by atoms with Gasteiger partial charge in [0.15, 0.2) is 0 Å². The number of nitrogens with zero attached hydrogens (tertiary/aromatic N) is 3. The van der Waals surface area contributed by atoms with Crippen molar-refractivity contribution >= 4 is 56.7 Å². The Hall–Kier alpha value is -2.03.